The fourth-order valence-corrected chi connectivity index (χ4v) is 3.89. The highest BCUT2D eigenvalue weighted by Crippen LogP contribution is 2.34. The Morgan fingerprint density at radius 3 is 2.64 bits per heavy atom. The summed E-state index contributed by atoms with van der Waals surface area (Å²) in [4.78, 5) is 23.7. The van der Waals surface area contributed by atoms with E-state index in [9.17, 15) is 9.59 Å². The Hall–Kier alpha value is -2.58. The third kappa shape index (κ3) is 4.82. The molecule has 3 rings (SSSR count). The fraction of sp³-hybridized carbons (Fsp3) is 0.400. The third-order valence-corrected chi connectivity index (χ3v) is 5.29. The highest BCUT2D eigenvalue weighted by molar-refractivity contribution is 7.14. The van der Waals surface area contributed by atoms with Crippen molar-refractivity contribution in [3.05, 3.63) is 40.8 Å². The zero-order valence-corrected chi connectivity index (χ0v) is 16.8. The molecule has 2 aromatic rings. The lowest BCUT2D eigenvalue weighted by molar-refractivity contribution is -0.115. The Bertz CT molecular complexity index is 850. The highest BCUT2D eigenvalue weighted by atomic mass is 32.1. The minimum Gasteiger partial charge on any atom is -0.490 e. The summed E-state index contributed by atoms with van der Waals surface area (Å²) in [6.45, 7) is 5.55. The van der Waals surface area contributed by atoms with Crippen LogP contribution in [-0.4, -0.2) is 31.6 Å². The van der Waals surface area contributed by atoms with E-state index in [0.29, 0.717) is 23.8 Å². The molecule has 150 valence electrons. The number of carbonyl (C=O) groups excluding carboxylic acids is 2. The number of rotatable bonds is 7. The van der Waals surface area contributed by atoms with Gasteiger partial charge in [-0.1, -0.05) is 19.9 Å². The van der Waals surface area contributed by atoms with E-state index < -0.39 is 5.91 Å². The van der Waals surface area contributed by atoms with Crippen molar-refractivity contribution in [3.63, 3.8) is 0 Å². The molecule has 7 nitrogen and oxygen atoms in total. The van der Waals surface area contributed by atoms with Gasteiger partial charge in [-0.25, -0.2) is 0 Å². The van der Waals surface area contributed by atoms with Crippen LogP contribution in [0.2, 0.25) is 0 Å². The van der Waals surface area contributed by atoms with Crippen LogP contribution >= 0.6 is 11.3 Å². The number of thiophene rings is 1. The molecule has 0 unspecified atom stereocenters. The van der Waals surface area contributed by atoms with Crippen molar-refractivity contribution in [3.8, 4) is 11.5 Å². The number of ether oxygens (including phenoxy) is 2. The number of primary amides is 1. The van der Waals surface area contributed by atoms with E-state index in [0.717, 1.165) is 23.5 Å². The first-order valence-electron chi connectivity index (χ1n) is 9.25. The second-order valence-electron chi connectivity index (χ2n) is 6.94. The van der Waals surface area contributed by atoms with Gasteiger partial charge in [0.25, 0.3) is 5.91 Å². The first kappa shape index (κ1) is 20.2. The predicted molar refractivity (Wildman–Crippen MR) is 109 cm³/mol. The number of anilines is 1. The van der Waals surface area contributed by atoms with Crippen molar-refractivity contribution in [1.29, 1.82) is 0 Å². The standard InChI is InChI=1S/C20H25N3O4S/c1-12(2)18(13-4-5-15-16(10-13)27-8-3-7-26-15)22-11-17(24)23-20-14(19(21)25)6-9-28-20/h4-6,9-10,12,18,22H,3,7-8,11H2,1-2H3,(H2,21,25)(H,23,24)/t18-/m1/s1. The average molecular weight is 404 g/mol. The monoisotopic (exact) mass is 403 g/mol. The van der Waals surface area contributed by atoms with Gasteiger partial charge in [0.15, 0.2) is 11.5 Å². The van der Waals surface area contributed by atoms with Crippen LogP contribution in [0.5, 0.6) is 11.5 Å². The SMILES string of the molecule is CC(C)[C@@H](NCC(=O)Nc1sccc1C(N)=O)c1ccc2c(c1)OCCCO2. The number of benzene rings is 1. The van der Waals surface area contributed by atoms with E-state index in [4.69, 9.17) is 15.2 Å². The van der Waals surface area contributed by atoms with Crippen molar-refractivity contribution in [2.75, 3.05) is 25.1 Å². The van der Waals surface area contributed by atoms with Gasteiger partial charge >= 0.3 is 0 Å². The summed E-state index contributed by atoms with van der Waals surface area (Å²) in [7, 11) is 0. The van der Waals surface area contributed by atoms with Crippen LogP contribution in [0.1, 0.15) is 42.2 Å². The normalized spacial score (nSPS) is 14.4. The first-order chi connectivity index (χ1) is 13.5. The first-order valence-corrected chi connectivity index (χ1v) is 10.1. The molecule has 28 heavy (non-hydrogen) atoms. The molecule has 1 aromatic carbocycles. The van der Waals surface area contributed by atoms with E-state index in [1.54, 1.807) is 11.4 Å². The summed E-state index contributed by atoms with van der Waals surface area (Å²) in [5.74, 6) is 0.942. The fourth-order valence-electron chi connectivity index (χ4n) is 3.09. The minimum absolute atomic E-state index is 0.0400. The molecule has 2 heterocycles. The molecule has 4 N–H and O–H groups in total. The van der Waals surface area contributed by atoms with E-state index in [2.05, 4.69) is 24.5 Å². The summed E-state index contributed by atoms with van der Waals surface area (Å²) < 4.78 is 11.5. The van der Waals surface area contributed by atoms with Gasteiger partial charge in [-0.2, -0.15) is 0 Å². The number of fused-ring (bicyclic) bond motifs is 1. The Labute approximate surface area is 168 Å². The number of hydrogen-bond acceptors (Lipinski definition) is 6. The van der Waals surface area contributed by atoms with Gasteiger partial charge < -0.3 is 25.8 Å². The lowest BCUT2D eigenvalue weighted by Crippen LogP contribution is -2.33. The number of nitrogens with one attached hydrogen (secondary N) is 2. The maximum absolute atomic E-state index is 12.4. The zero-order chi connectivity index (χ0) is 20.1. The molecule has 0 aliphatic carbocycles. The van der Waals surface area contributed by atoms with E-state index in [1.807, 2.05) is 18.2 Å². The molecule has 1 aromatic heterocycles. The van der Waals surface area contributed by atoms with Gasteiger partial charge in [0.1, 0.15) is 5.00 Å². The second kappa shape index (κ2) is 9.07. The molecule has 8 heteroatoms. The Balaban J connectivity index is 1.66. The Morgan fingerprint density at radius 1 is 1.18 bits per heavy atom. The van der Waals surface area contributed by atoms with Gasteiger partial charge in [-0.15, -0.1) is 11.3 Å². The summed E-state index contributed by atoms with van der Waals surface area (Å²) in [6.07, 6.45) is 0.853. The predicted octanol–water partition coefficient (Wildman–Crippen LogP) is 2.93. The van der Waals surface area contributed by atoms with Crippen molar-refractivity contribution < 1.29 is 19.1 Å². The molecule has 0 fully saturated rings. The van der Waals surface area contributed by atoms with Gasteiger partial charge in [0.2, 0.25) is 5.91 Å². The lowest BCUT2D eigenvalue weighted by atomic mass is 9.95. The van der Waals surface area contributed by atoms with Gasteiger partial charge in [0, 0.05) is 12.5 Å². The molecule has 0 spiro atoms. The summed E-state index contributed by atoms with van der Waals surface area (Å²) in [6, 6.07) is 7.44. The lowest BCUT2D eigenvalue weighted by Gasteiger charge is -2.23. The largest absolute Gasteiger partial charge is 0.490 e. The number of nitrogens with two attached hydrogens (primary N) is 1. The Morgan fingerprint density at radius 2 is 1.93 bits per heavy atom. The summed E-state index contributed by atoms with van der Waals surface area (Å²) >= 11 is 1.27. The average Bonchev–Trinajstić information content (AvgIpc) is 2.98. The van der Waals surface area contributed by atoms with Crippen LogP contribution < -0.4 is 25.8 Å². The quantitative estimate of drug-likeness (QED) is 0.660. The molecule has 0 bridgehead atoms. The highest BCUT2D eigenvalue weighted by Gasteiger charge is 2.20. The molecule has 0 radical (unpaired) electrons. The smallest absolute Gasteiger partial charge is 0.251 e. The summed E-state index contributed by atoms with van der Waals surface area (Å²) in [5.41, 5.74) is 6.67. The molecule has 1 aliphatic heterocycles. The van der Waals surface area contributed by atoms with Crippen molar-refractivity contribution >= 4 is 28.2 Å². The van der Waals surface area contributed by atoms with Crippen LogP contribution in [0.4, 0.5) is 5.00 Å². The van der Waals surface area contributed by atoms with Crippen LogP contribution in [0.15, 0.2) is 29.6 Å². The van der Waals surface area contributed by atoms with Crippen LogP contribution in [-0.2, 0) is 4.79 Å². The maximum atomic E-state index is 12.4. The molecule has 0 saturated heterocycles. The molecule has 1 atom stereocenters. The second-order valence-corrected chi connectivity index (χ2v) is 7.85. The number of amides is 2. The topological polar surface area (TPSA) is 103 Å². The molecular formula is C20H25N3O4S. The van der Waals surface area contributed by atoms with Gasteiger partial charge in [-0.05, 0) is 35.1 Å². The van der Waals surface area contributed by atoms with Gasteiger partial charge in [0.05, 0.1) is 25.3 Å². The van der Waals surface area contributed by atoms with Crippen molar-refractivity contribution in [2.45, 2.75) is 26.3 Å². The van der Waals surface area contributed by atoms with Gasteiger partial charge in [-0.3, -0.25) is 9.59 Å². The zero-order valence-electron chi connectivity index (χ0n) is 16.0. The van der Waals surface area contributed by atoms with E-state index in [1.165, 1.54) is 11.3 Å². The van der Waals surface area contributed by atoms with Crippen LogP contribution in [0, 0.1) is 5.92 Å². The maximum Gasteiger partial charge on any atom is 0.251 e. The van der Waals surface area contributed by atoms with Crippen LogP contribution in [0.3, 0.4) is 0 Å². The molecule has 1 aliphatic rings. The molecule has 0 saturated carbocycles. The third-order valence-electron chi connectivity index (χ3n) is 4.46. The van der Waals surface area contributed by atoms with Crippen molar-refractivity contribution in [2.24, 2.45) is 11.7 Å². The van der Waals surface area contributed by atoms with Crippen LogP contribution in [0.25, 0.3) is 0 Å². The van der Waals surface area contributed by atoms with Crippen molar-refractivity contribution in [1.82, 2.24) is 5.32 Å². The number of carbonyl (C=O) groups is 2. The number of hydrogen-bond donors (Lipinski definition) is 3. The minimum atomic E-state index is -0.559. The van der Waals surface area contributed by atoms with E-state index in [-0.39, 0.29) is 24.4 Å². The summed E-state index contributed by atoms with van der Waals surface area (Å²) in [5, 5.41) is 8.23. The van der Waals surface area contributed by atoms with E-state index >= 15 is 0 Å². The molecular weight excluding hydrogens is 378 g/mol. The Kier molecular flexibility index (Phi) is 6.53. The molecule has 2 amide bonds.